The third-order valence-electron chi connectivity index (χ3n) is 5.38. The van der Waals surface area contributed by atoms with Crippen molar-refractivity contribution in [2.24, 2.45) is 11.8 Å². The molecule has 0 bridgehead atoms. The van der Waals surface area contributed by atoms with Crippen molar-refractivity contribution in [3.05, 3.63) is 47.5 Å². The van der Waals surface area contributed by atoms with E-state index in [0.29, 0.717) is 0 Å². The van der Waals surface area contributed by atoms with Crippen LogP contribution in [0.1, 0.15) is 38.3 Å². The van der Waals surface area contributed by atoms with E-state index >= 15 is 0 Å². The van der Waals surface area contributed by atoms with E-state index in [4.69, 9.17) is 0 Å². The van der Waals surface area contributed by atoms with Crippen molar-refractivity contribution < 1.29 is 0 Å². The SMILES string of the molecule is Cc1ccc2c(c1)sc1c2sc2c3ccc(CC(C)CC(C)C)cc3sc21. The van der Waals surface area contributed by atoms with Gasteiger partial charge in [0.25, 0.3) is 0 Å². The molecular weight excluding hydrogens is 384 g/mol. The van der Waals surface area contributed by atoms with Crippen LogP contribution < -0.4 is 0 Å². The molecule has 0 nitrogen and oxygen atoms in total. The van der Waals surface area contributed by atoms with Crippen LogP contribution in [0.2, 0.25) is 0 Å². The lowest BCUT2D eigenvalue weighted by molar-refractivity contribution is 0.437. The van der Waals surface area contributed by atoms with Crippen LogP contribution >= 0.6 is 34.0 Å². The van der Waals surface area contributed by atoms with E-state index in [1.165, 1.54) is 62.9 Å². The number of rotatable bonds is 4. The second-order valence-corrected chi connectivity index (χ2v) is 11.5. The molecule has 2 aromatic carbocycles. The molecule has 0 fully saturated rings. The Kier molecular flexibility index (Phi) is 4.30. The van der Waals surface area contributed by atoms with E-state index in [1.807, 2.05) is 34.0 Å². The van der Waals surface area contributed by atoms with E-state index in [0.717, 1.165) is 11.8 Å². The molecule has 0 saturated carbocycles. The molecule has 0 aliphatic carbocycles. The van der Waals surface area contributed by atoms with Gasteiger partial charge in [-0.15, -0.1) is 34.0 Å². The van der Waals surface area contributed by atoms with Gasteiger partial charge in [0.15, 0.2) is 0 Å². The predicted molar refractivity (Wildman–Crippen MR) is 127 cm³/mol. The Morgan fingerprint density at radius 1 is 0.741 bits per heavy atom. The van der Waals surface area contributed by atoms with Crippen molar-refractivity contribution in [1.82, 2.24) is 0 Å². The maximum Gasteiger partial charge on any atom is 0.0642 e. The van der Waals surface area contributed by atoms with E-state index in [-0.39, 0.29) is 0 Å². The molecule has 1 atom stereocenters. The van der Waals surface area contributed by atoms with Crippen molar-refractivity contribution in [3.63, 3.8) is 0 Å². The monoisotopic (exact) mass is 408 g/mol. The standard InChI is InChI=1S/C24H24S3/c1-13(2)9-15(4)10-16-6-8-18-20(12-16)26-24-22(18)27-21-17-7-5-14(3)11-19(17)25-23(21)24/h5-8,11-13,15H,9-10H2,1-4H3. The lowest BCUT2D eigenvalue weighted by Gasteiger charge is -2.13. The van der Waals surface area contributed by atoms with E-state index < -0.39 is 0 Å². The first-order chi connectivity index (χ1) is 13.0. The highest BCUT2D eigenvalue weighted by Crippen LogP contribution is 2.50. The fraction of sp³-hybridized carbons (Fsp3) is 0.333. The second-order valence-electron chi connectivity index (χ2n) is 8.39. The summed E-state index contributed by atoms with van der Waals surface area (Å²) in [6.07, 6.45) is 2.50. The predicted octanol–water partition coefficient (Wildman–Crippen LogP) is 9.02. The first-order valence-electron chi connectivity index (χ1n) is 9.76. The molecule has 0 amide bonds. The first kappa shape index (κ1) is 17.7. The van der Waals surface area contributed by atoms with Crippen molar-refractivity contribution in [2.45, 2.75) is 40.5 Å². The zero-order valence-electron chi connectivity index (χ0n) is 16.3. The summed E-state index contributed by atoms with van der Waals surface area (Å²) < 4.78 is 8.84. The number of thiophene rings is 3. The molecule has 0 spiro atoms. The lowest BCUT2D eigenvalue weighted by atomic mass is 9.92. The van der Waals surface area contributed by atoms with Crippen LogP contribution in [0.15, 0.2) is 36.4 Å². The fourth-order valence-corrected chi connectivity index (χ4v) is 8.75. The Hall–Kier alpha value is -1.42. The average molecular weight is 409 g/mol. The smallest absolute Gasteiger partial charge is 0.0642 e. The molecule has 0 N–H and O–H groups in total. The van der Waals surface area contributed by atoms with E-state index in [9.17, 15) is 0 Å². The summed E-state index contributed by atoms with van der Waals surface area (Å²) in [4.78, 5) is 0. The first-order valence-corrected chi connectivity index (χ1v) is 12.2. The highest BCUT2D eigenvalue weighted by molar-refractivity contribution is 7.43. The highest BCUT2D eigenvalue weighted by atomic mass is 32.1. The summed E-state index contributed by atoms with van der Waals surface area (Å²) in [5, 5.41) is 2.88. The molecule has 5 rings (SSSR count). The lowest BCUT2D eigenvalue weighted by Crippen LogP contribution is -2.03. The maximum absolute atomic E-state index is 2.45. The Bertz CT molecular complexity index is 1280. The van der Waals surface area contributed by atoms with Gasteiger partial charge in [-0.1, -0.05) is 45.0 Å². The number of benzene rings is 2. The minimum absolute atomic E-state index is 0.751. The van der Waals surface area contributed by atoms with Gasteiger partial charge in [-0.25, -0.2) is 0 Å². The quantitative estimate of drug-likeness (QED) is 0.278. The third-order valence-corrected chi connectivity index (χ3v) is 9.36. The van der Waals surface area contributed by atoms with Gasteiger partial charge in [-0.3, -0.25) is 0 Å². The molecule has 5 aromatic rings. The number of aryl methyl sites for hydroxylation is 1. The zero-order valence-corrected chi connectivity index (χ0v) is 18.7. The van der Waals surface area contributed by atoms with Crippen molar-refractivity contribution >= 4 is 73.0 Å². The molecule has 1 unspecified atom stereocenters. The van der Waals surface area contributed by atoms with Crippen LogP contribution in [-0.4, -0.2) is 0 Å². The summed E-state index contributed by atoms with van der Waals surface area (Å²) in [7, 11) is 0. The van der Waals surface area contributed by atoms with Crippen LogP contribution in [0.25, 0.3) is 39.0 Å². The van der Waals surface area contributed by atoms with Gasteiger partial charge < -0.3 is 0 Å². The van der Waals surface area contributed by atoms with Crippen molar-refractivity contribution in [2.75, 3.05) is 0 Å². The highest BCUT2D eigenvalue weighted by Gasteiger charge is 2.17. The molecule has 3 aromatic heterocycles. The molecule has 3 heterocycles. The summed E-state index contributed by atoms with van der Waals surface area (Å²) in [6, 6.07) is 14.1. The fourth-order valence-electron chi connectivity index (χ4n) is 4.32. The summed E-state index contributed by atoms with van der Waals surface area (Å²) in [6.45, 7) is 9.22. The van der Waals surface area contributed by atoms with Crippen LogP contribution in [-0.2, 0) is 6.42 Å². The minimum Gasteiger partial charge on any atom is -0.133 e. The zero-order chi connectivity index (χ0) is 18.7. The number of fused-ring (bicyclic) bond motifs is 7. The Labute approximate surface area is 172 Å². The number of hydrogen-bond acceptors (Lipinski definition) is 3. The number of hydrogen-bond donors (Lipinski definition) is 0. The van der Waals surface area contributed by atoms with Crippen LogP contribution in [0.5, 0.6) is 0 Å². The van der Waals surface area contributed by atoms with E-state index in [1.54, 1.807) is 0 Å². The molecule has 0 aliphatic heterocycles. The maximum atomic E-state index is 2.45. The minimum atomic E-state index is 0.751. The topological polar surface area (TPSA) is 0 Å². The van der Waals surface area contributed by atoms with Crippen molar-refractivity contribution in [3.8, 4) is 0 Å². The molecule has 3 heteroatoms. The largest absolute Gasteiger partial charge is 0.133 e. The Balaban J connectivity index is 1.62. The Morgan fingerprint density at radius 3 is 2.04 bits per heavy atom. The molecule has 0 aliphatic rings. The van der Waals surface area contributed by atoms with Gasteiger partial charge in [-0.05, 0) is 54.9 Å². The molecule has 0 saturated heterocycles. The van der Waals surface area contributed by atoms with Crippen LogP contribution in [0.3, 0.4) is 0 Å². The molecule has 27 heavy (non-hydrogen) atoms. The van der Waals surface area contributed by atoms with Gasteiger partial charge in [0.05, 0.1) is 18.8 Å². The Morgan fingerprint density at radius 2 is 1.37 bits per heavy atom. The van der Waals surface area contributed by atoms with Crippen LogP contribution in [0, 0.1) is 18.8 Å². The van der Waals surface area contributed by atoms with Crippen molar-refractivity contribution in [1.29, 1.82) is 0 Å². The molecular formula is C24H24S3. The summed E-state index contributed by atoms with van der Waals surface area (Å²) in [5.74, 6) is 1.53. The molecule has 138 valence electrons. The summed E-state index contributed by atoms with van der Waals surface area (Å²) >= 11 is 5.95. The van der Waals surface area contributed by atoms with Gasteiger partial charge in [0.1, 0.15) is 0 Å². The summed E-state index contributed by atoms with van der Waals surface area (Å²) in [5.41, 5.74) is 2.84. The van der Waals surface area contributed by atoms with Gasteiger partial charge in [0, 0.05) is 20.2 Å². The van der Waals surface area contributed by atoms with Gasteiger partial charge in [0.2, 0.25) is 0 Å². The van der Waals surface area contributed by atoms with Crippen LogP contribution in [0.4, 0.5) is 0 Å². The average Bonchev–Trinajstić information content (AvgIpc) is 3.21. The second kappa shape index (κ2) is 6.58. The van der Waals surface area contributed by atoms with Gasteiger partial charge in [-0.2, -0.15) is 0 Å². The molecule has 0 radical (unpaired) electrons. The van der Waals surface area contributed by atoms with Gasteiger partial charge >= 0.3 is 0 Å². The normalized spacial score (nSPS) is 13.7. The third kappa shape index (κ3) is 3.00. The van der Waals surface area contributed by atoms with E-state index in [2.05, 4.69) is 64.1 Å².